The minimum Gasteiger partial charge on any atom is -0.493 e. The number of hydrogen-bond donors (Lipinski definition) is 1. The van der Waals surface area contributed by atoms with Gasteiger partial charge in [-0.2, -0.15) is 0 Å². The van der Waals surface area contributed by atoms with Crippen molar-refractivity contribution in [2.24, 2.45) is 0 Å². The molecule has 3 heterocycles. The minimum absolute atomic E-state index is 0.00701. The second kappa shape index (κ2) is 9.40. The van der Waals surface area contributed by atoms with Gasteiger partial charge in [-0.25, -0.2) is 15.3 Å². The second-order valence-corrected chi connectivity index (χ2v) is 7.84. The van der Waals surface area contributed by atoms with Crippen LogP contribution in [0, 0.1) is 0 Å². The zero-order valence-corrected chi connectivity index (χ0v) is 19.1. The Kier molecular flexibility index (Phi) is 6.01. The average molecular weight is 458 g/mol. The van der Waals surface area contributed by atoms with Crippen LogP contribution in [0.2, 0.25) is 0 Å². The van der Waals surface area contributed by atoms with Gasteiger partial charge < -0.3 is 24.1 Å². The number of piperazine rings is 1. The van der Waals surface area contributed by atoms with Crippen molar-refractivity contribution in [1.29, 1.82) is 0 Å². The molecule has 2 aromatic carbocycles. The maximum Gasteiger partial charge on any atom is 0.254 e. The highest BCUT2D eigenvalue weighted by atomic mass is 16.5. The van der Waals surface area contributed by atoms with Crippen molar-refractivity contribution < 1.29 is 14.3 Å². The molecule has 1 aliphatic heterocycles. The first-order valence-electron chi connectivity index (χ1n) is 11.0. The molecule has 0 aliphatic carbocycles. The number of methoxy groups -OCH3 is 2. The van der Waals surface area contributed by atoms with E-state index in [1.54, 1.807) is 20.4 Å². The molecule has 9 heteroatoms. The number of aromatic nitrogens is 3. The quantitative estimate of drug-likeness (QED) is 0.478. The summed E-state index contributed by atoms with van der Waals surface area (Å²) >= 11 is 0. The monoisotopic (exact) mass is 457 g/mol. The Bertz CT molecular complexity index is 1330. The Balaban J connectivity index is 1.55. The van der Waals surface area contributed by atoms with Crippen LogP contribution < -0.4 is 20.1 Å². The van der Waals surface area contributed by atoms with Crippen LogP contribution in [0.15, 0.2) is 61.1 Å². The first kappa shape index (κ1) is 21.7. The Morgan fingerprint density at radius 3 is 2.62 bits per heavy atom. The summed E-state index contributed by atoms with van der Waals surface area (Å²) in [5.41, 5.74) is 3.49. The predicted molar refractivity (Wildman–Crippen MR) is 129 cm³/mol. The third-order valence-electron chi connectivity index (χ3n) is 5.80. The van der Waals surface area contributed by atoms with Gasteiger partial charge in [-0.3, -0.25) is 4.79 Å². The van der Waals surface area contributed by atoms with E-state index in [2.05, 4.69) is 15.6 Å². The predicted octanol–water partition coefficient (Wildman–Crippen LogP) is 3.22. The Morgan fingerprint density at radius 2 is 1.82 bits per heavy atom. The molecule has 1 radical (unpaired) electrons. The van der Waals surface area contributed by atoms with Crippen molar-refractivity contribution >= 4 is 23.1 Å². The molecule has 0 atom stereocenters. The van der Waals surface area contributed by atoms with Crippen LogP contribution in [0.1, 0.15) is 10.4 Å². The number of imidazole rings is 1. The van der Waals surface area contributed by atoms with Crippen LogP contribution in [0.25, 0.3) is 16.9 Å². The van der Waals surface area contributed by atoms with Gasteiger partial charge in [0.2, 0.25) is 0 Å². The van der Waals surface area contributed by atoms with Crippen LogP contribution in [0.5, 0.6) is 11.5 Å². The number of carbonyl (C=O) groups is 1. The minimum atomic E-state index is -0.00701. The molecule has 2 aromatic heterocycles. The molecule has 0 bridgehead atoms. The number of nitrogens with zero attached hydrogens (tertiary/aromatic N) is 5. The summed E-state index contributed by atoms with van der Waals surface area (Å²) in [6.45, 7) is 2.61. The topological polar surface area (TPSA) is 95.1 Å². The number of hydrogen-bond acceptors (Lipinski definition) is 6. The molecule has 5 rings (SSSR count). The molecule has 0 saturated carbocycles. The van der Waals surface area contributed by atoms with E-state index in [9.17, 15) is 4.79 Å². The summed E-state index contributed by atoms with van der Waals surface area (Å²) in [6.07, 6.45) is 5.46. The Hall–Kier alpha value is -4.11. The number of rotatable bonds is 6. The van der Waals surface area contributed by atoms with E-state index in [4.69, 9.17) is 14.5 Å². The fourth-order valence-corrected chi connectivity index (χ4v) is 4.07. The third-order valence-corrected chi connectivity index (χ3v) is 5.80. The molecular formula is C25H25N6O3. The first-order chi connectivity index (χ1) is 16.7. The van der Waals surface area contributed by atoms with Gasteiger partial charge in [0.1, 0.15) is 0 Å². The van der Waals surface area contributed by atoms with E-state index in [0.29, 0.717) is 60.4 Å². The smallest absolute Gasteiger partial charge is 0.254 e. The fraction of sp³-hybridized carbons (Fsp3) is 0.240. The number of ether oxygens (including phenoxy) is 2. The lowest BCUT2D eigenvalue weighted by Gasteiger charge is -2.27. The maximum absolute atomic E-state index is 13.3. The van der Waals surface area contributed by atoms with Crippen LogP contribution in [0.4, 0.5) is 11.5 Å². The fourth-order valence-electron chi connectivity index (χ4n) is 4.07. The average Bonchev–Trinajstić information content (AvgIpc) is 3.38. The molecule has 0 spiro atoms. The molecule has 4 aromatic rings. The van der Waals surface area contributed by atoms with Crippen molar-refractivity contribution in [3.8, 4) is 22.8 Å². The summed E-state index contributed by atoms with van der Waals surface area (Å²) in [4.78, 5) is 24.5. The zero-order valence-electron chi connectivity index (χ0n) is 19.1. The van der Waals surface area contributed by atoms with Crippen molar-refractivity contribution in [3.63, 3.8) is 0 Å². The van der Waals surface area contributed by atoms with E-state index >= 15 is 0 Å². The molecule has 173 valence electrons. The van der Waals surface area contributed by atoms with Gasteiger partial charge in [0.15, 0.2) is 23.0 Å². The van der Waals surface area contributed by atoms with E-state index in [1.807, 2.05) is 64.2 Å². The third kappa shape index (κ3) is 4.13. The largest absolute Gasteiger partial charge is 0.493 e. The van der Waals surface area contributed by atoms with E-state index < -0.39 is 0 Å². The number of carbonyl (C=O) groups excluding carboxylic acids is 1. The van der Waals surface area contributed by atoms with Gasteiger partial charge in [0, 0.05) is 67.7 Å². The van der Waals surface area contributed by atoms with Crippen molar-refractivity contribution in [3.05, 3.63) is 66.6 Å². The number of fused-ring (bicyclic) bond motifs is 1. The van der Waals surface area contributed by atoms with Crippen LogP contribution in [-0.2, 0) is 0 Å². The van der Waals surface area contributed by atoms with Gasteiger partial charge >= 0.3 is 0 Å². The van der Waals surface area contributed by atoms with Gasteiger partial charge in [0.25, 0.3) is 5.91 Å². The van der Waals surface area contributed by atoms with Crippen molar-refractivity contribution in [2.75, 3.05) is 45.7 Å². The molecule has 1 aliphatic rings. The van der Waals surface area contributed by atoms with Gasteiger partial charge in [0.05, 0.1) is 19.9 Å². The molecule has 34 heavy (non-hydrogen) atoms. The summed E-state index contributed by atoms with van der Waals surface area (Å²) in [7, 11) is 3.19. The van der Waals surface area contributed by atoms with Crippen molar-refractivity contribution in [1.82, 2.24) is 24.6 Å². The number of benzene rings is 2. The van der Waals surface area contributed by atoms with Crippen molar-refractivity contribution in [2.45, 2.75) is 0 Å². The second-order valence-electron chi connectivity index (χ2n) is 7.84. The highest BCUT2D eigenvalue weighted by Gasteiger charge is 2.22. The van der Waals surface area contributed by atoms with E-state index in [-0.39, 0.29) is 5.91 Å². The summed E-state index contributed by atoms with van der Waals surface area (Å²) in [6, 6.07) is 13.1. The molecule has 1 fully saturated rings. The number of anilines is 2. The van der Waals surface area contributed by atoms with Gasteiger partial charge in [-0.15, -0.1) is 0 Å². The highest BCUT2D eigenvalue weighted by Crippen LogP contribution is 2.32. The van der Waals surface area contributed by atoms with Crippen LogP contribution >= 0.6 is 0 Å². The lowest BCUT2D eigenvalue weighted by Crippen LogP contribution is -2.43. The summed E-state index contributed by atoms with van der Waals surface area (Å²) in [5.74, 6) is 1.80. The molecular weight excluding hydrogens is 432 g/mol. The summed E-state index contributed by atoms with van der Waals surface area (Å²) in [5, 5.41) is 7.69. The normalized spacial score (nSPS) is 13.6. The maximum atomic E-state index is 13.3. The summed E-state index contributed by atoms with van der Waals surface area (Å²) < 4.78 is 12.7. The highest BCUT2D eigenvalue weighted by molar-refractivity contribution is 6.00. The van der Waals surface area contributed by atoms with E-state index in [1.165, 1.54) is 0 Å². The SMILES string of the molecule is COc1ccc(Nc2nc(-c3ccccc3C(=O)N3CC[N]CC3)cn3ccnc23)cc1OC. The lowest BCUT2D eigenvalue weighted by molar-refractivity contribution is 0.0735. The number of nitrogens with one attached hydrogen (secondary N) is 1. The van der Waals surface area contributed by atoms with E-state index in [0.717, 1.165) is 11.3 Å². The lowest BCUT2D eigenvalue weighted by atomic mass is 10.0. The molecule has 0 unspecified atom stereocenters. The van der Waals surface area contributed by atoms with Crippen LogP contribution in [-0.4, -0.2) is 65.6 Å². The Morgan fingerprint density at radius 1 is 1.03 bits per heavy atom. The number of amides is 1. The van der Waals surface area contributed by atoms with Gasteiger partial charge in [-0.1, -0.05) is 18.2 Å². The van der Waals surface area contributed by atoms with Gasteiger partial charge in [-0.05, 0) is 18.2 Å². The molecule has 1 saturated heterocycles. The molecule has 1 amide bonds. The zero-order chi connectivity index (χ0) is 23.5. The van der Waals surface area contributed by atoms with Crippen LogP contribution in [0.3, 0.4) is 0 Å². The molecule has 1 N–H and O–H groups in total. The standard InChI is InChI=1S/C25H25N6O3/c1-33-21-8-7-17(15-22(21)34-2)28-23-24-27-11-14-31(24)16-20(29-23)18-5-3-4-6-19(18)25(32)30-12-9-26-10-13-30/h3-8,11,14-16H,9-10,12-13H2,1-2H3,(H,28,29). The Labute approximate surface area is 197 Å². The first-order valence-corrected chi connectivity index (χ1v) is 11.0. The molecule has 9 nitrogen and oxygen atoms in total.